The molecule has 0 amide bonds. The summed E-state index contributed by atoms with van der Waals surface area (Å²) in [6.45, 7) is 2.27. The van der Waals surface area contributed by atoms with Crippen LogP contribution < -0.4 is 10.1 Å². The molecular formula is C33H35N3O6. The Morgan fingerprint density at radius 3 is 2.57 bits per heavy atom. The monoisotopic (exact) mass is 569 g/mol. The lowest BCUT2D eigenvalue weighted by molar-refractivity contribution is -0.147. The fraction of sp³-hybridized carbons (Fsp3) is 0.364. The van der Waals surface area contributed by atoms with E-state index in [2.05, 4.69) is 10.3 Å². The van der Waals surface area contributed by atoms with Crippen molar-refractivity contribution in [3.8, 4) is 5.75 Å². The first-order valence-corrected chi connectivity index (χ1v) is 14.2. The van der Waals surface area contributed by atoms with Crippen LogP contribution in [0.5, 0.6) is 5.75 Å². The van der Waals surface area contributed by atoms with Crippen LogP contribution >= 0.6 is 0 Å². The van der Waals surface area contributed by atoms with E-state index in [-0.39, 0.29) is 17.7 Å². The molecule has 6 rings (SSSR count). The van der Waals surface area contributed by atoms with Crippen LogP contribution in [0.4, 0.5) is 0 Å². The molecule has 0 spiro atoms. The maximum absolute atomic E-state index is 14.1. The molecular weight excluding hydrogens is 534 g/mol. The number of ether oxygens (including phenoxy) is 3. The first-order chi connectivity index (χ1) is 20.3. The predicted octanol–water partition coefficient (Wildman–Crippen LogP) is 4.33. The van der Waals surface area contributed by atoms with E-state index in [4.69, 9.17) is 14.2 Å². The maximum Gasteiger partial charge on any atom is 0.337 e. The molecule has 0 unspecified atom stereocenters. The Balaban J connectivity index is 1.39. The minimum absolute atomic E-state index is 0.0126. The Bertz CT molecular complexity index is 1640. The number of esters is 2. The molecule has 3 aliphatic rings. The third-order valence-electron chi connectivity index (χ3n) is 8.82. The van der Waals surface area contributed by atoms with Gasteiger partial charge in [-0.25, -0.2) is 4.79 Å². The van der Waals surface area contributed by atoms with Crippen LogP contribution in [0, 0.1) is 0 Å². The number of carbonyl (C=O) groups is 3. The van der Waals surface area contributed by atoms with Gasteiger partial charge in [-0.3, -0.25) is 14.5 Å². The van der Waals surface area contributed by atoms with Crippen molar-refractivity contribution in [1.29, 1.82) is 0 Å². The van der Waals surface area contributed by atoms with E-state index in [1.807, 2.05) is 73.6 Å². The number of Topliss-reactive ketones (excluding diaryl/α,β-unsaturated/α-hetero) is 1. The lowest BCUT2D eigenvalue weighted by Crippen LogP contribution is -2.37. The summed E-state index contributed by atoms with van der Waals surface area (Å²) in [7, 11) is 4.81. The van der Waals surface area contributed by atoms with Crippen LogP contribution in [0.2, 0.25) is 0 Å². The number of benzene rings is 2. The Morgan fingerprint density at radius 2 is 1.79 bits per heavy atom. The summed E-state index contributed by atoms with van der Waals surface area (Å²) < 4.78 is 16.6. The van der Waals surface area contributed by atoms with E-state index in [0.29, 0.717) is 42.7 Å². The Labute approximate surface area is 244 Å². The van der Waals surface area contributed by atoms with Gasteiger partial charge in [0.25, 0.3) is 0 Å². The average molecular weight is 570 g/mol. The molecule has 4 atom stereocenters. The van der Waals surface area contributed by atoms with Crippen LogP contribution in [0.1, 0.15) is 49.1 Å². The number of aromatic amines is 1. The number of fused-ring (bicyclic) bond motifs is 1. The summed E-state index contributed by atoms with van der Waals surface area (Å²) in [5.74, 6) is -0.764. The van der Waals surface area contributed by atoms with Crippen molar-refractivity contribution < 1.29 is 28.6 Å². The minimum atomic E-state index is -0.602. The van der Waals surface area contributed by atoms with Crippen molar-refractivity contribution in [2.24, 2.45) is 0 Å². The number of hydrogen-bond donors (Lipinski definition) is 2. The molecule has 3 aromatic rings. The number of methoxy groups -OCH3 is 2. The van der Waals surface area contributed by atoms with Crippen molar-refractivity contribution in [3.63, 3.8) is 0 Å². The zero-order valence-corrected chi connectivity index (χ0v) is 24.2. The molecule has 1 aliphatic carbocycles. The predicted molar refractivity (Wildman–Crippen MR) is 157 cm³/mol. The fourth-order valence-corrected chi connectivity index (χ4v) is 6.87. The highest BCUT2D eigenvalue weighted by Gasteiger charge is 2.44. The maximum atomic E-state index is 14.1. The largest absolute Gasteiger partial charge is 0.496 e. The number of hydrogen-bond acceptors (Lipinski definition) is 8. The van der Waals surface area contributed by atoms with Gasteiger partial charge in [-0.1, -0.05) is 30.3 Å². The molecule has 1 fully saturated rings. The van der Waals surface area contributed by atoms with E-state index in [0.717, 1.165) is 33.5 Å². The average Bonchev–Trinajstić information content (AvgIpc) is 3.62. The second-order valence-electron chi connectivity index (χ2n) is 11.3. The summed E-state index contributed by atoms with van der Waals surface area (Å²) in [6.07, 6.45) is 2.63. The van der Waals surface area contributed by atoms with Crippen LogP contribution in [0.3, 0.4) is 0 Å². The topological polar surface area (TPSA) is 110 Å². The SMILES string of the molecule is COC(=O)[C@H]1C[C@@H](OC(=O)C2=C(C)NC3=C(C(=O)C[C@H](c4ccccc4OC)C3)[C@@H]2c2cccc3[nH]ccc23)CN1C. The standard InChI is InChI=1S/C33H35N3O6/c1-18-29(33(39)42-20-16-26(32(38)41-4)36(2)17-20)30(23-9-7-10-24-22(23)12-13-34-24)31-25(35-18)14-19(15-27(31)37)21-8-5-6-11-28(21)40-3/h5-13,19-20,26,30,34-35H,14-17H2,1-4H3/t19-,20-,26-,30-/m1/s1. The fourth-order valence-electron chi connectivity index (χ4n) is 6.87. The summed E-state index contributed by atoms with van der Waals surface area (Å²) in [6, 6.07) is 15.2. The third-order valence-corrected chi connectivity index (χ3v) is 8.82. The number of ketones is 1. The van der Waals surface area contributed by atoms with Gasteiger partial charge in [0.2, 0.25) is 0 Å². The second kappa shape index (κ2) is 11.1. The molecule has 2 N–H and O–H groups in total. The normalized spacial score (nSPS) is 24.4. The zero-order chi connectivity index (χ0) is 29.5. The Hall–Kier alpha value is -4.37. The Kier molecular flexibility index (Phi) is 7.36. The van der Waals surface area contributed by atoms with Gasteiger partial charge in [0.15, 0.2) is 5.78 Å². The lowest BCUT2D eigenvalue weighted by Gasteiger charge is -2.37. The van der Waals surface area contributed by atoms with E-state index >= 15 is 0 Å². The first kappa shape index (κ1) is 27.8. The highest BCUT2D eigenvalue weighted by Crippen LogP contribution is 2.48. The second-order valence-corrected chi connectivity index (χ2v) is 11.3. The number of aromatic nitrogens is 1. The van der Waals surface area contributed by atoms with E-state index < -0.39 is 24.0 Å². The molecule has 0 bridgehead atoms. The molecule has 0 radical (unpaired) electrons. The number of rotatable bonds is 6. The lowest BCUT2D eigenvalue weighted by atomic mass is 9.71. The van der Waals surface area contributed by atoms with Crippen molar-refractivity contribution in [3.05, 3.63) is 88.4 Å². The molecule has 0 saturated carbocycles. The van der Waals surface area contributed by atoms with Gasteiger partial charge in [0.05, 0.1) is 19.8 Å². The number of likely N-dealkylation sites (tertiary alicyclic amines) is 1. The van der Waals surface area contributed by atoms with Crippen molar-refractivity contribution in [2.45, 2.75) is 50.2 Å². The zero-order valence-electron chi connectivity index (χ0n) is 24.2. The van der Waals surface area contributed by atoms with Gasteiger partial charge in [0, 0.05) is 65.3 Å². The molecule has 2 aliphatic heterocycles. The molecule has 218 valence electrons. The van der Waals surface area contributed by atoms with Gasteiger partial charge < -0.3 is 24.5 Å². The van der Waals surface area contributed by atoms with Crippen LogP contribution in [-0.2, 0) is 23.9 Å². The van der Waals surface area contributed by atoms with E-state index in [1.165, 1.54) is 7.11 Å². The number of likely N-dealkylation sites (N-methyl/N-ethyl adjacent to an activating group) is 1. The summed E-state index contributed by atoms with van der Waals surface area (Å²) in [5.41, 5.74) is 5.27. The van der Waals surface area contributed by atoms with Gasteiger partial charge in [-0.05, 0) is 49.7 Å². The van der Waals surface area contributed by atoms with Crippen molar-refractivity contribution in [2.75, 3.05) is 27.8 Å². The minimum Gasteiger partial charge on any atom is -0.496 e. The van der Waals surface area contributed by atoms with Crippen molar-refractivity contribution >= 4 is 28.6 Å². The number of nitrogens with zero attached hydrogens (tertiary/aromatic N) is 1. The van der Waals surface area contributed by atoms with Gasteiger partial charge >= 0.3 is 11.9 Å². The molecule has 1 saturated heterocycles. The molecule has 1 aromatic heterocycles. The number of H-pyrrole nitrogens is 1. The first-order valence-electron chi connectivity index (χ1n) is 14.2. The Morgan fingerprint density at radius 1 is 1.00 bits per heavy atom. The van der Waals surface area contributed by atoms with Gasteiger partial charge in [-0.15, -0.1) is 0 Å². The summed E-state index contributed by atoms with van der Waals surface area (Å²) in [4.78, 5) is 45.4. The summed E-state index contributed by atoms with van der Waals surface area (Å²) >= 11 is 0. The number of para-hydroxylation sites is 1. The molecule has 9 heteroatoms. The smallest absolute Gasteiger partial charge is 0.337 e. The molecule has 3 heterocycles. The van der Waals surface area contributed by atoms with Crippen LogP contribution in [0.25, 0.3) is 10.9 Å². The van der Waals surface area contributed by atoms with Crippen LogP contribution in [-0.4, -0.2) is 67.6 Å². The number of nitrogens with one attached hydrogen (secondary N) is 2. The van der Waals surface area contributed by atoms with Gasteiger partial charge in [-0.2, -0.15) is 0 Å². The third kappa shape index (κ3) is 4.77. The molecule has 2 aromatic carbocycles. The molecule has 9 nitrogen and oxygen atoms in total. The van der Waals surface area contributed by atoms with Gasteiger partial charge in [0.1, 0.15) is 17.9 Å². The quantitative estimate of drug-likeness (QED) is 0.423. The number of carbonyl (C=O) groups excluding carboxylic acids is 3. The van der Waals surface area contributed by atoms with E-state index in [9.17, 15) is 14.4 Å². The highest BCUT2D eigenvalue weighted by molar-refractivity contribution is 6.05. The molecule has 42 heavy (non-hydrogen) atoms. The summed E-state index contributed by atoms with van der Waals surface area (Å²) in [5, 5.41) is 4.38. The van der Waals surface area contributed by atoms with Crippen molar-refractivity contribution in [1.82, 2.24) is 15.2 Å². The van der Waals surface area contributed by atoms with E-state index in [1.54, 1.807) is 7.11 Å². The van der Waals surface area contributed by atoms with Crippen LogP contribution in [0.15, 0.2) is 77.3 Å². The number of dihydropyridines is 1. The highest BCUT2D eigenvalue weighted by atomic mass is 16.5. The number of allylic oxidation sites excluding steroid dienone is 3.